The first-order valence-corrected chi connectivity index (χ1v) is 6.68. The minimum atomic E-state index is 0.304. The number of pyridine rings is 1. The van der Waals surface area contributed by atoms with Gasteiger partial charge >= 0.3 is 0 Å². The van der Waals surface area contributed by atoms with Crippen molar-refractivity contribution in [3.05, 3.63) is 48.2 Å². The molecule has 0 saturated carbocycles. The Bertz CT molecular complexity index is 594. The minimum Gasteiger partial charge on any atom is -0.505 e. The fraction of sp³-hybridized carbons (Fsp3) is 0.353. The lowest BCUT2D eigenvalue weighted by molar-refractivity contribution is 0.420. The molecule has 2 aromatic rings. The Morgan fingerprint density at radius 1 is 1.16 bits per heavy atom. The summed E-state index contributed by atoms with van der Waals surface area (Å²) in [4.78, 5) is 4.23. The Kier molecular flexibility index (Phi) is 3.89. The summed E-state index contributed by atoms with van der Waals surface area (Å²) in [5, 5.41) is 11.2. The summed E-state index contributed by atoms with van der Waals surface area (Å²) < 4.78 is 0. The average Bonchev–Trinajstić information content (AvgIpc) is 2.36. The second-order valence-corrected chi connectivity index (χ2v) is 6.09. The van der Waals surface area contributed by atoms with E-state index in [0.29, 0.717) is 16.7 Å². The molecule has 100 valence electrons. The molecule has 0 aliphatic carbocycles. The number of hydrogen-bond acceptors (Lipinski definition) is 2. The number of hydrogen-bond donors (Lipinski definition) is 1. The Hall–Kier alpha value is -1.83. The molecule has 0 aliphatic heterocycles. The number of fused-ring (bicyclic) bond motifs is 1. The number of benzene rings is 1. The molecule has 0 saturated heterocycles. The van der Waals surface area contributed by atoms with Gasteiger partial charge in [0.1, 0.15) is 11.3 Å². The van der Waals surface area contributed by atoms with Crippen LogP contribution in [0.1, 0.15) is 32.8 Å². The highest BCUT2D eigenvalue weighted by molar-refractivity contribution is 5.85. The molecule has 0 spiro atoms. The second-order valence-electron chi connectivity index (χ2n) is 6.09. The number of rotatable bonds is 3. The van der Waals surface area contributed by atoms with Crippen LogP contribution < -0.4 is 0 Å². The Labute approximate surface area is 114 Å². The third-order valence-electron chi connectivity index (χ3n) is 3.07. The molecule has 19 heavy (non-hydrogen) atoms. The van der Waals surface area contributed by atoms with Gasteiger partial charge in [0.15, 0.2) is 0 Å². The molecular formula is C17H21NO. The highest BCUT2D eigenvalue weighted by atomic mass is 16.3. The molecule has 0 atom stereocenters. The zero-order valence-electron chi connectivity index (χ0n) is 11.9. The summed E-state index contributed by atoms with van der Waals surface area (Å²) in [6.45, 7) is 6.65. The zero-order valence-corrected chi connectivity index (χ0v) is 11.9. The summed E-state index contributed by atoms with van der Waals surface area (Å²) in [7, 11) is 0. The van der Waals surface area contributed by atoms with Gasteiger partial charge in [-0.25, -0.2) is 0 Å². The first kappa shape index (κ1) is 13.6. The van der Waals surface area contributed by atoms with E-state index in [2.05, 4.69) is 37.9 Å². The molecule has 0 aliphatic rings. The number of allylic oxidation sites excluding steroid dienone is 2. The van der Waals surface area contributed by atoms with Crippen LogP contribution in [0.4, 0.5) is 0 Å². The SMILES string of the molecule is CC(C)(C)C/C=C/Cc1ccc2cccnc2c1O. The first-order valence-electron chi connectivity index (χ1n) is 6.68. The summed E-state index contributed by atoms with van der Waals surface area (Å²) in [5.41, 5.74) is 1.92. The van der Waals surface area contributed by atoms with Gasteiger partial charge in [-0.1, -0.05) is 51.1 Å². The van der Waals surface area contributed by atoms with Crippen molar-refractivity contribution in [2.24, 2.45) is 5.41 Å². The van der Waals surface area contributed by atoms with Crippen molar-refractivity contribution < 1.29 is 5.11 Å². The summed E-state index contributed by atoms with van der Waals surface area (Å²) >= 11 is 0. The van der Waals surface area contributed by atoms with E-state index < -0.39 is 0 Å². The predicted molar refractivity (Wildman–Crippen MR) is 80.3 cm³/mol. The molecule has 0 unspecified atom stereocenters. The Morgan fingerprint density at radius 3 is 2.68 bits per heavy atom. The third-order valence-corrected chi connectivity index (χ3v) is 3.07. The summed E-state index contributed by atoms with van der Waals surface area (Å²) in [5.74, 6) is 0.304. The molecule has 1 aromatic carbocycles. The minimum absolute atomic E-state index is 0.304. The summed E-state index contributed by atoms with van der Waals surface area (Å²) in [6.07, 6.45) is 7.80. The fourth-order valence-corrected chi connectivity index (χ4v) is 1.98. The molecule has 1 aromatic heterocycles. The quantitative estimate of drug-likeness (QED) is 0.820. The van der Waals surface area contributed by atoms with Crippen LogP contribution in [-0.2, 0) is 6.42 Å². The molecule has 0 amide bonds. The molecule has 1 N–H and O–H groups in total. The van der Waals surface area contributed by atoms with E-state index in [1.54, 1.807) is 6.20 Å². The number of nitrogens with zero attached hydrogens (tertiary/aromatic N) is 1. The fourth-order valence-electron chi connectivity index (χ4n) is 1.98. The Morgan fingerprint density at radius 2 is 1.95 bits per heavy atom. The van der Waals surface area contributed by atoms with E-state index in [9.17, 15) is 5.11 Å². The van der Waals surface area contributed by atoms with Gasteiger partial charge in [-0.15, -0.1) is 0 Å². The number of aromatic nitrogens is 1. The van der Waals surface area contributed by atoms with E-state index in [0.717, 1.165) is 23.8 Å². The maximum absolute atomic E-state index is 10.2. The van der Waals surface area contributed by atoms with Crippen molar-refractivity contribution in [2.75, 3.05) is 0 Å². The van der Waals surface area contributed by atoms with E-state index in [-0.39, 0.29) is 0 Å². The largest absolute Gasteiger partial charge is 0.505 e. The van der Waals surface area contributed by atoms with E-state index in [4.69, 9.17) is 0 Å². The van der Waals surface area contributed by atoms with Gasteiger partial charge in [-0.3, -0.25) is 4.98 Å². The average molecular weight is 255 g/mol. The van der Waals surface area contributed by atoms with Gasteiger partial charge in [0.25, 0.3) is 0 Å². The lowest BCUT2D eigenvalue weighted by atomic mass is 9.92. The van der Waals surface area contributed by atoms with Crippen molar-refractivity contribution in [3.63, 3.8) is 0 Å². The molecule has 2 nitrogen and oxygen atoms in total. The maximum atomic E-state index is 10.2. The van der Waals surface area contributed by atoms with Crippen LogP contribution in [0.15, 0.2) is 42.6 Å². The van der Waals surface area contributed by atoms with Crippen LogP contribution in [0.25, 0.3) is 10.9 Å². The van der Waals surface area contributed by atoms with Crippen LogP contribution in [0.2, 0.25) is 0 Å². The Balaban J connectivity index is 2.15. The van der Waals surface area contributed by atoms with Gasteiger partial charge in [0.2, 0.25) is 0 Å². The van der Waals surface area contributed by atoms with Gasteiger partial charge in [-0.05, 0) is 29.9 Å². The monoisotopic (exact) mass is 255 g/mol. The lowest BCUT2D eigenvalue weighted by Gasteiger charge is -2.14. The van der Waals surface area contributed by atoms with Gasteiger partial charge in [0.05, 0.1) is 0 Å². The normalized spacial score (nSPS) is 12.4. The zero-order chi connectivity index (χ0) is 13.9. The van der Waals surface area contributed by atoms with Crippen LogP contribution in [0, 0.1) is 5.41 Å². The first-order chi connectivity index (χ1) is 8.97. The van der Waals surface area contributed by atoms with Crippen molar-refractivity contribution in [2.45, 2.75) is 33.6 Å². The maximum Gasteiger partial charge on any atom is 0.145 e. The second kappa shape index (κ2) is 5.43. The highest BCUT2D eigenvalue weighted by Crippen LogP contribution is 2.27. The van der Waals surface area contributed by atoms with Crippen molar-refractivity contribution in [1.29, 1.82) is 0 Å². The molecule has 1 heterocycles. The molecule has 0 bridgehead atoms. The number of phenolic OH excluding ortho intramolecular Hbond substituents is 1. The number of phenols is 1. The highest BCUT2D eigenvalue weighted by Gasteiger charge is 2.07. The van der Waals surface area contributed by atoms with Crippen molar-refractivity contribution in [1.82, 2.24) is 4.98 Å². The van der Waals surface area contributed by atoms with Crippen LogP contribution in [0.5, 0.6) is 5.75 Å². The molecule has 2 rings (SSSR count). The van der Waals surface area contributed by atoms with E-state index >= 15 is 0 Å². The van der Waals surface area contributed by atoms with Crippen LogP contribution in [-0.4, -0.2) is 10.1 Å². The van der Waals surface area contributed by atoms with E-state index in [1.807, 2.05) is 24.3 Å². The van der Waals surface area contributed by atoms with Crippen LogP contribution in [0.3, 0.4) is 0 Å². The lowest BCUT2D eigenvalue weighted by Crippen LogP contribution is -2.01. The van der Waals surface area contributed by atoms with Crippen LogP contribution >= 0.6 is 0 Å². The van der Waals surface area contributed by atoms with E-state index in [1.165, 1.54) is 0 Å². The topological polar surface area (TPSA) is 33.1 Å². The molecule has 0 fully saturated rings. The third kappa shape index (κ3) is 3.57. The predicted octanol–water partition coefficient (Wildman–Crippen LogP) is 4.48. The van der Waals surface area contributed by atoms with Crippen molar-refractivity contribution in [3.8, 4) is 5.75 Å². The standard InChI is InChI=1S/C17H21NO/c1-17(2,3)11-5-4-7-14-10-9-13-8-6-12-18-15(13)16(14)19/h4-6,8-10,12,19H,7,11H2,1-3H3/b5-4+. The van der Waals surface area contributed by atoms with Gasteiger partial charge < -0.3 is 5.11 Å². The summed E-state index contributed by atoms with van der Waals surface area (Å²) in [6, 6.07) is 7.82. The van der Waals surface area contributed by atoms with Crippen molar-refractivity contribution >= 4 is 10.9 Å². The smallest absolute Gasteiger partial charge is 0.145 e. The van der Waals surface area contributed by atoms with Gasteiger partial charge in [-0.2, -0.15) is 0 Å². The molecule has 0 radical (unpaired) electrons. The molecular weight excluding hydrogens is 234 g/mol. The van der Waals surface area contributed by atoms with Gasteiger partial charge in [0, 0.05) is 11.6 Å². The number of aromatic hydroxyl groups is 1. The molecule has 2 heteroatoms.